The normalized spacial score (nSPS) is 13.1. The first kappa shape index (κ1) is 16.7. The maximum atomic E-state index is 5.67. The van der Waals surface area contributed by atoms with E-state index in [4.69, 9.17) is 4.74 Å². The average molecular weight is 276 g/mol. The van der Waals surface area contributed by atoms with Crippen LogP contribution in [0.1, 0.15) is 25.8 Å². The van der Waals surface area contributed by atoms with Gasteiger partial charge >= 0.3 is 0 Å². The molecule has 0 spiro atoms. The smallest absolute Gasteiger partial charge is 0.119 e. The zero-order valence-electron chi connectivity index (χ0n) is 13.2. The molecule has 1 N–H and O–H groups in total. The fourth-order valence-electron chi connectivity index (χ4n) is 1.72. The lowest BCUT2D eigenvalue weighted by Gasteiger charge is -2.11. The lowest BCUT2D eigenvalue weighted by atomic mass is 10.1. The van der Waals surface area contributed by atoms with Crippen molar-refractivity contribution >= 4 is 6.08 Å². The molecule has 3 nitrogen and oxygen atoms in total. The average Bonchev–Trinajstić information content (AvgIpc) is 2.44. The number of nitrogens with zero attached hydrogens (tertiary/aromatic N) is 1. The van der Waals surface area contributed by atoms with Crippen molar-refractivity contribution in [3.63, 3.8) is 0 Å². The van der Waals surface area contributed by atoms with Crippen molar-refractivity contribution in [2.24, 2.45) is 0 Å². The quantitative estimate of drug-likeness (QED) is 0.750. The van der Waals surface area contributed by atoms with Gasteiger partial charge in [-0.25, -0.2) is 0 Å². The van der Waals surface area contributed by atoms with E-state index in [-0.39, 0.29) is 0 Å². The molecule has 0 aliphatic rings. The Morgan fingerprint density at radius 3 is 2.55 bits per heavy atom. The van der Waals surface area contributed by atoms with Crippen LogP contribution >= 0.6 is 0 Å². The predicted molar refractivity (Wildman–Crippen MR) is 87.3 cm³/mol. The highest BCUT2D eigenvalue weighted by Gasteiger charge is 1.96. The number of rotatable bonds is 9. The molecule has 0 saturated heterocycles. The van der Waals surface area contributed by atoms with Gasteiger partial charge in [0, 0.05) is 12.6 Å². The molecule has 1 atom stereocenters. The Balaban J connectivity index is 2.39. The predicted octanol–water partition coefficient (Wildman–Crippen LogP) is 3.03. The molecule has 1 unspecified atom stereocenters. The third kappa shape index (κ3) is 7.31. The fraction of sp³-hybridized carbons (Fsp3) is 0.529. The monoisotopic (exact) mass is 276 g/mol. The van der Waals surface area contributed by atoms with Crippen LogP contribution in [0, 0.1) is 0 Å². The summed E-state index contributed by atoms with van der Waals surface area (Å²) in [5, 5.41) is 3.44. The molecule has 1 aromatic carbocycles. The van der Waals surface area contributed by atoms with Gasteiger partial charge in [-0.15, -0.1) is 0 Å². The van der Waals surface area contributed by atoms with E-state index in [2.05, 4.69) is 48.3 Å². The van der Waals surface area contributed by atoms with Crippen molar-refractivity contribution in [1.29, 1.82) is 0 Å². The Hall–Kier alpha value is -1.32. The van der Waals surface area contributed by atoms with Crippen molar-refractivity contribution in [2.75, 3.05) is 33.8 Å². The molecule has 0 amide bonds. The van der Waals surface area contributed by atoms with Crippen molar-refractivity contribution in [3.8, 4) is 5.75 Å². The van der Waals surface area contributed by atoms with Gasteiger partial charge in [0.1, 0.15) is 12.4 Å². The first-order valence-corrected chi connectivity index (χ1v) is 7.41. The van der Waals surface area contributed by atoms with Crippen LogP contribution in [0.5, 0.6) is 5.75 Å². The van der Waals surface area contributed by atoms with Crippen LogP contribution in [0.3, 0.4) is 0 Å². The molecule has 1 rings (SSSR count). The first-order valence-electron chi connectivity index (χ1n) is 7.41. The maximum Gasteiger partial charge on any atom is 0.119 e. The number of likely N-dealkylation sites (N-methyl/N-ethyl adjacent to an activating group) is 1. The van der Waals surface area contributed by atoms with Crippen LogP contribution in [-0.4, -0.2) is 44.7 Å². The van der Waals surface area contributed by atoms with Crippen LogP contribution < -0.4 is 10.1 Å². The minimum Gasteiger partial charge on any atom is -0.492 e. The number of hydrogen-bond donors (Lipinski definition) is 1. The highest BCUT2D eigenvalue weighted by Crippen LogP contribution is 2.13. The molecular weight excluding hydrogens is 248 g/mol. The van der Waals surface area contributed by atoms with Gasteiger partial charge in [-0.1, -0.05) is 31.2 Å². The molecule has 0 fully saturated rings. The van der Waals surface area contributed by atoms with E-state index in [1.165, 1.54) is 5.56 Å². The zero-order chi connectivity index (χ0) is 14.8. The van der Waals surface area contributed by atoms with Crippen molar-refractivity contribution in [1.82, 2.24) is 10.2 Å². The first-order chi connectivity index (χ1) is 9.61. The van der Waals surface area contributed by atoms with Gasteiger partial charge < -0.3 is 15.0 Å². The van der Waals surface area contributed by atoms with E-state index in [1.54, 1.807) is 0 Å². The van der Waals surface area contributed by atoms with E-state index < -0.39 is 0 Å². The molecule has 112 valence electrons. The largest absolute Gasteiger partial charge is 0.492 e. The SMILES string of the molecule is CCCNC(C)/C=C/c1ccc(OCCN(C)C)cc1. The van der Waals surface area contributed by atoms with E-state index >= 15 is 0 Å². The minimum atomic E-state index is 0.408. The topological polar surface area (TPSA) is 24.5 Å². The third-order valence-corrected chi connectivity index (χ3v) is 2.98. The summed E-state index contributed by atoms with van der Waals surface area (Å²) in [6.07, 6.45) is 5.51. The second-order valence-electron chi connectivity index (χ2n) is 5.32. The molecule has 0 aliphatic heterocycles. The minimum absolute atomic E-state index is 0.408. The van der Waals surface area contributed by atoms with Crippen LogP contribution in [-0.2, 0) is 0 Å². The molecule has 0 heterocycles. The summed E-state index contributed by atoms with van der Waals surface area (Å²) < 4.78 is 5.67. The van der Waals surface area contributed by atoms with Crippen molar-refractivity contribution in [2.45, 2.75) is 26.3 Å². The van der Waals surface area contributed by atoms with E-state index in [0.717, 1.165) is 31.9 Å². The highest BCUT2D eigenvalue weighted by atomic mass is 16.5. The van der Waals surface area contributed by atoms with Crippen LogP contribution in [0.2, 0.25) is 0 Å². The van der Waals surface area contributed by atoms with Gasteiger partial charge in [0.15, 0.2) is 0 Å². The van der Waals surface area contributed by atoms with Crippen LogP contribution in [0.25, 0.3) is 6.08 Å². The summed E-state index contributed by atoms with van der Waals surface area (Å²) in [5.41, 5.74) is 1.20. The Morgan fingerprint density at radius 2 is 1.95 bits per heavy atom. The lowest BCUT2D eigenvalue weighted by Crippen LogP contribution is -2.24. The Morgan fingerprint density at radius 1 is 1.25 bits per heavy atom. The van der Waals surface area contributed by atoms with Crippen molar-refractivity contribution in [3.05, 3.63) is 35.9 Å². The molecular formula is C17H28N2O. The molecule has 0 radical (unpaired) electrons. The molecule has 3 heteroatoms. The summed E-state index contributed by atoms with van der Waals surface area (Å²) >= 11 is 0. The van der Waals surface area contributed by atoms with E-state index in [0.29, 0.717) is 6.04 Å². The number of benzene rings is 1. The molecule has 0 saturated carbocycles. The Bertz CT molecular complexity index is 384. The highest BCUT2D eigenvalue weighted by molar-refractivity contribution is 5.51. The Kier molecular flexibility index (Phi) is 8.00. The molecule has 0 aromatic heterocycles. The van der Waals surface area contributed by atoms with E-state index in [1.807, 2.05) is 26.2 Å². The number of hydrogen-bond acceptors (Lipinski definition) is 3. The number of ether oxygens (including phenoxy) is 1. The van der Waals surface area contributed by atoms with Gasteiger partial charge in [-0.3, -0.25) is 0 Å². The molecule has 0 bridgehead atoms. The van der Waals surface area contributed by atoms with Crippen LogP contribution in [0.15, 0.2) is 30.3 Å². The number of nitrogens with one attached hydrogen (secondary N) is 1. The second kappa shape index (κ2) is 9.56. The standard InChI is InChI=1S/C17H28N2O/c1-5-12-18-15(2)6-7-16-8-10-17(11-9-16)20-14-13-19(3)4/h6-11,15,18H,5,12-14H2,1-4H3/b7-6+. The summed E-state index contributed by atoms with van der Waals surface area (Å²) in [6, 6.07) is 8.65. The lowest BCUT2D eigenvalue weighted by molar-refractivity contribution is 0.261. The summed E-state index contributed by atoms with van der Waals surface area (Å²) in [7, 11) is 4.09. The summed E-state index contributed by atoms with van der Waals surface area (Å²) in [6.45, 7) is 7.07. The van der Waals surface area contributed by atoms with Gasteiger partial charge in [0.05, 0.1) is 0 Å². The van der Waals surface area contributed by atoms with Crippen molar-refractivity contribution < 1.29 is 4.74 Å². The molecule has 0 aliphatic carbocycles. The summed E-state index contributed by atoms with van der Waals surface area (Å²) in [4.78, 5) is 2.11. The third-order valence-electron chi connectivity index (χ3n) is 2.98. The Labute approximate surface area is 123 Å². The van der Waals surface area contributed by atoms with Gasteiger partial charge in [0.25, 0.3) is 0 Å². The zero-order valence-corrected chi connectivity index (χ0v) is 13.2. The summed E-state index contributed by atoms with van der Waals surface area (Å²) in [5.74, 6) is 0.932. The van der Waals surface area contributed by atoms with E-state index in [9.17, 15) is 0 Å². The second-order valence-corrected chi connectivity index (χ2v) is 5.32. The maximum absolute atomic E-state index is 5.67. The van der Waals surface area contributed by atoms with Gasteiger partial charge in [0.2, 0.25) is 0 Å². The molecule has 20 heavy (non-hydrogen) atoms. The fourth-order valence-corrected chi connectivity index (χ4v) is 1.72. The van der Waals surface area contributed by atoms with Crippen LogP contribution in [0.4, 0.5) is 0 Å². The molecule has 1 aromatic rings. The van der Waals surface area contributed by atoms with Gasteiger partial charge in [-0.2, -0.15) is 0 Å². The van der Waals surface area contributed by atoms with Gasteiger partial charge in [-0.05, 0) is 51.7 Å².